The SMILES string of the molecule is CC(C)(C)c1cc2c3c(c1)N(c1c(-c4ccccc4)cccc1-c1ccccc1)c1cc(-n4c5ccc6cccc7c8cccc9ccc4c(c98)c5c67)ccc1B3c1cc(-c3ccccc3)ccc1N2c1c(-c2ccccc2)cccc1-c1ccccc1. The lowest BCUT2D eigenvalue weighted by Gasteiger charge is -2.46. The average Bonchev–Trinajstić information content (AvgIpc) is 1.68. The number of anilines is 6. The molecule has 2 aliphatic rings. The lowest BCUT2D eigenvalue weighted by molar-refractivity contribution is 0.590. The molecule has 0 N–H and O–H groups in total. The average molecular weight is 1120 g/mol. The second-order valence-corrected chi connectivity index (χ2v) is 25.1. The number of para-hydroxylation sites is 2. The summed E-state index contributed by atoms with van der Waals surface area (Å²) in [5, 5.41) is 10.5. The molecule has 0 fully saturated rings. The summed E-state index contributed by atoms with van der Waals surface area (Å²) in [6.45, 7) is 6.96. The Hall–Kier alpha value is -10.9. The van der Waals surface area contributed by atoms with Gasteiger partial charge in [0.25, 0.3) is 6.71 Å². The maximum Gasteiger partial charge on any atom is 0.252 e. The summed E-state index contributed by atoms with van der Waals surface area (Å²) in [5.74, 6) is 0. The van der Waals surface area contributed by atoms with Crippen molar-refractivity contribution in [3.05, 3.63) is 303 Å². The predicted molar refractivity (Wildman–Crippen MR) is 376 cm³/mol. The summed E-state index contributed by atoms with van der Waals surface area (Å²) in [7, 11) is 0. The molecule has 18 rings (SSSR count). The molecule has 412 valence electrons. The first kappa shape index (κ1) is 50.4. The highest BCUT2D eigenvalue weighted by atomic mass is 15.2. The third-order valence-corrected chi connectivity index (χ3v) is 19.2. The number of rotatable bonds is 8. The van der Waals surface area contributed by atoms with E-state index in [9.17, 15) is 0 Å². The molecule has 4 heteroatoms. The van der Waals surface area contributed by atoms with Gasteiger partial charge in [-0.1, -0.05) is 276 Å². The van der Waals surface area contributed by atoms with Crippen LogP contribution in [0.4, 0.5) is 34.1 Å². The molecule has 1 aromatic heterocycles. The third-order valence-electron chi connectivity index (χ3n) is 19.2. The Morgan fingerprint density at radius 3 is 1.18 bits per heavy atom. The zero-order valence-corrected chi connectivity index (χ0v) is 49.2. The van der Waals surface area contributed by atoms with E-state index in [-0.39, 0.29) is 12.1 Å². The first-order valence-corrected chi connectivity index (χ1v) is 30.9. The molecule has 0 spiro atoms. The third kappa shape index (κ3) is 7.45. The quantitative estimate of drug-likeness (QED) is 0.0853. The van der Waals surface area contributed by atoms with Crippen LogP contribution in [0.25, 0.3) is 115 Å². The van der Waals surface area contributed by atoms with Crippen LogP contribution >= 0.6 is 0 Å². The van der Waals surface area contributed by atoms with Crippen molar-refractivity contribution < 1.29 is 0 Å². The van der Waals surface area contributed by atoms with Crippen LogP contribution in [0.15, 0.2) is 297 Å². The molecule has 0 amide bonds. The fourth-order valence-corrected chi connectivity index (χ4v) is 15.3. The van der Waals surface area contributed by atoms with Crippen molar-refractivity contribution in [1.29, 1.82) is 0 Å². The Balaban J connectivity index is 1.01. The van der Waals surface area contributed by atoms with E-state index < -0.39 is 0 Å². The van der Waals surface area contributed by atoms with E-state index in [1.807, 2.05) is 0 Å². The van der Waals surface area contributed by atoms with Crippen LogP contribution in [0.2, 0.25) is 0 Å². The van der Waals surface area contributed by atoms with Gasteiger partial charge in [-0.2, -0.15) is 0 Å². The molecule has 0 aliphatic carbocycles. The summed E-state index contributed by atoms with van der Waals surface area (Å²) >= 11 is 0. The van der Waals surface area contributed by atoms with Gasteiger partial charge in [-0.05, 0) is 136 Å². The molecule has 15 aromatic carbocycles. The van der Waals surface area contributed by atoms with Crippen molar-refractivity contribution in [3.63, 3.8) is 0 Å². The van der Waals surface area contributed by atoms with E-state index >= 15 is 0 Å². The lowest BCUT2D eigenvalue weighted by Crippen LogP contribution is -2.61. The highest BCUT2D eigenvalue weighted by Crippen LogP contribution is 2.55. The highest BCUT2D eigenvalue weighted by molar-refractivity contribution is 7.00. The summed E-state index contributed by atoms with van der Waals surface area (Å²) in [5.41, 5.74) is 26.9. The Morgan fingerprint density at radius 1 is 0.295 bits per heavy atom. The van der Waals surface area contributed by atoms with E-state index in [1.165, 1.54) is 127 Å². The molecule has 0 radical (unpaired) electrons. The molecular formula is C84H58BN3. The number of aromatic nitrogens is 1. The van der Waals surface area contributed by atoms with Crippen molar-refractivity contribution >= 4 is 111 Å². The summed E-state index contributed by atoms with van der Waals surface area (Å²) < 4.78 is 2.57. The van der Waals surface area contributed by atoms with Crippen LogP contribution in [-0.2, 0) is 5.41 Å². The molecule has 0 atom stereocenters. The molecule has 0 saturated heterocycles. The van der Waals surface area contributed by atoms with Gasteiger partial charge in [-0.15, -0.1) is 0 Å². The van der Waals surface area contributed by atoms with Crippen LogP contribution in [0, 0.1) is 0 Å². The predicted octanol–water partition coefficient (Wildman–Crippen LogP) is 20.8. The standard InChI is InChI=1S/C84H58BN3/c1-84(2,3)61-50-75-81-76(51-61)88(83-65(56-29-15-7-16-30-56)37-22-38-66(83)57-31-17-8-18-32-57)74-52-62(86-72-47-41-58-33-19-39-67-68-40-20-34-59-42-48-73(86)80(78(59)68)79(72)77(58)67)44-45-69(74)85(81)70-49-60(53-23-9-4-10-24-53)43-46-71(70)87(75)82-63(54-25-11-5-12-26-54)35-21-36-64(82)55-27-13-6-14-28-55/h4-52H,1-3H3. The van der Waals surface area contributed by atoms with E-state index in [0.29, 0.717) is 0 Å². The molecule has 2 aliphatic heterocycles. The van der Waals surface area contributed by atoms with Crippen molar-refractivity contribution in [2.45, 2.75) is 26.2 Å². The first-order valence-electron chi connectivity index (χ1n) is 30.9. The van der Waals surface area contributed by atoms with Gasteiger partial charge in [0, 0.05) is 61.5 Å². The molecule has 3 heterocycles. The maximum atomic E-state index is 2.70. The van der Waals surface area contributed by atoms with Gasteiger partial charge in [0.05, 0.1) is 22.4 Å². The molecule has 0 unspecified atom stereocenters. The normalized spacial score (nSPS) is 12.9. The minimum absolute atomic E-state index is 0.180. The van der Waals surface area contributed by atoms with Gasteiger partial charge in [0.2, 0.25) is 0 Å². The molecule has 0 bridgehead atoms. The van der Waals surface area contributed by atoms with Crippen molar-refractivity contribution in [2.75, 3.05) is 9.80 Å². The topological polar surface area (TPSA) is 11.4 Å². The molecule has 16 aromatic rings. The van der Waals surface area contributed by atoms with Crippen LogP contribution in [0.5, 0.6) is 0 Å². The number of fused-ring (bicyclic) bond motifs is 5. The molecule has 88 heavy (non-hydrogen) atoms. The van der Waals surface area contributed by atoms with Crippen LogP contribution in [0.1, 0.15) is 26.3 Å². The van der Waals surface area contributed by atoms with Crippen LogP contribution in [0.3, 0.4) is 0 Å². The molecule has 3 nitrogen and oxygen atoms in total. The van der Waals surface area contributed by atoms with Crippen molar-refractivity contribution in [3.8, 4) is 61.3 Å². The number of nitrogens with zero attached hydrogens (tertiary/aromatic N) is 3. The van der Waals surface area contributed by atoms with Crippen molar-refractivity contribution in [2.24, 2.45) is 0 Å². The Kier molecular flexibility index (Phi) is 11.0. The number of hydrogen-bond acceptors (Lipinski definition) is 2. The smallest absolute Gasteiger partial charge is 0.252 e. The molecule has 0 saturated carbocycles. The second kappa shape index (κ2) is 19.3. The second-order valence-electron chi connectivity index (χ2n) is 25.1. The number of benzene rings is 15. The van der Waals surface area contributed by atoms with Gasteiger partial charge in [0.15, 0.2) is 0 Å². The van der Waals surface area contributed by atoms with Gasteiger partial charge in [-0.25, -0.2) is 0 Å². The lowest BCUT2D eigenvalue weighted by atomic mass is 9.33. The monoisotopic (exact) mass is 1120 g/mol. The minimum atomic E-state index is -0.265. The summed E-state index contributed by atoms with van der Waals surface area (Å²) in [6, 6.07) is 112. The van der Waals surface area contributed by atoms with Gasteiger partial charge >= 0.3 is 0 Å². The largest absolute Gasteiger partial charge is 0.310 e. The van der Waals surface area contributed by atoms with Crippen LogP contribution < -0.4 is 26.2 Å². The highest BCUT2D eigenvalue weighted by Gasteiger charge is 2.46. The van der Waals surface area contributed by atoms with Gasteiger partial charge in [-0.3, -0.25) is 0 Å². The molecular weight excluding hydrogens is 1060 g/mol. The number of hydrogen-bond donors (Lipinski definition) is 0. The zero-order valence-electron chi connectivity index (χ0n) is 49.2. The van der Waals surface area contributed by atoms with Gasteiger partial charge in [0.1, 0.15) is 0 Å². The van der Waals surface area contributed by atoms with E-state index in [2.05, 4.69) is 332 Å². The Labute approximate surface area is 513 Å². The minimum Gasteiger partial charge on any atom is -0.310 e. The Morgan fingerprint density at radius 2 is 0.727 bits per heavy atom. The van der Waals surface area contributed by atoms with Crippen LogP contribution in [-0.4, -0.2) is 11.3 Å². The summed E-state index contributed by atoms with van der Waals surface area (Å²) in [6.07, 6.45) is 0. The fourth-order valence-electron chi connectivity index (χ4n) is 15.3. The van der Waals surface area contributed by atoms with E-state index in [4.69, 9.17) is 0 Å². The first-order chi connectivity index (χ1) is 43.3. The van der Waals surface area contributed by atoms with Gasteiger partial charge < -0.3 is 14.4 Å². The fraction of sp³-hybridized carbons (Fsp3) is 0.0476. The van der Waals surface area contributed by atoms with E-state index in [1.54, 1.807) is 0 Å². The van der Waals surface area contributed by atoms with Crippen molar-refractivity contribution in [1.82, 2.24) is 4.57 Å². The summed E-state index contributed by atoms with van der Waals surface area (Å²) in [4.78, 5) is 5.36. The maximum absolute atomic E-state index is 2.70. The zero-order chi connectivity index (χ0) is 58.4. The van der Waals surface area contributed by atoms with E-state index in [0.717, 1.165) is 45.0 Å². The Bertz CT molecular complexity index is 5200.